The SMILES string of the molecule is CNC(=O)Cn1ccc2ccc(NC(=O)C3(S(C)(=O)=O)CCNCC3)cc21. The Bertz CT molecular complexity index is 974. The van der Waals surface area contributed by atoms with Crippen molar-refractivity contribution in [1.82, 2.24) is 15.2 Å². The molecular weight excluding hydrogens is 368 g/mol. The third-order valence-corrected chi connectivity index (χ3v) is 7.17. The quantitative estimate of drug-likeness (QED) is 0.686. The van der Waals surface area contributed by atoms with E-state index in [0.29, 0.717) is 18.8 Å². The molecule has 9 heteroatoms. The third-order valence-electron chi connectivity index (χ3n) is 5.16. The molecule has 8 nitrogen and oxygen atoms in total. The second-order valence-corrected chi connectivity index (χ2v) is 9.19. The van der Waals surface area contributed by atoms with Crippen LogP contribution in [0.1, 0.15) is 12.8 Å². The van der Waals surface area contributed by atoms with E-state index < -0.39 is 20.5 Å². The highest BCUT2D eigenvalue weighted by atomic mass is 32.2. The standard InChI is InChI=1S/C18H24N4O4S/c1-19-16(23)12-22-10-5-13-3-4-14(11-15(13)22)21-17(24)18(27(2,25)26)6-8-20-9-7-18/h3-5,10-11,20H,6-9,12H2,1-2H3,(H,19,23)(H,21,24). The highest BCUT2D eigenvalue weighted by Crippen LogP contribution is 2.30. The highest BCUT2D eigenvalue weighted by molar-refractivity contribution is 7.92. The third kappa shape index (κ3) is 3.70. The maximum Gasteiger partial charge on any atom is 0.245 e. The second-order valence-electron chi connectivity index (χ2n) is 6.86. The van der Waals surface area contributed by atoms with Gasteiger partial charge in [0, 0.05) is 25.2 Å². The second kappa shape index (κ2) is 7.32. The smallest absolute Gasteiger partial charge is 0.245 e. The van der Waals surface area contributed by atoms with Crippen molar-refractivity contribution in [3.05, 3.63) is 30.5 Å². The van der Waals surface area contributed by atoms with Crippen molar-refractivity contribution >= 4 is 38.2 Å². The molecule has 2 amide bonds. The van der Waals surface area contributed by atoms with Crippen LogP contribution in [0.5, 0.6) is 0 Å². The monoisotopic (exact) mass is 392 g/mol. The number of sulfone groups is 1. The number of nitrogens with one attached hydrogen (secondary N) is 3. The van der Waals surface area contributed by atoms with Crippen LogP contribution in [0, 0.1) is 0 Å². The van der Waals surface area contributed by atoms with Gasteiger partial charge >= 0.3 is 0 Å². The number of rotatable bonds is 5. The molecule has 2 heterocycles. The Morgan fingerprint density at radius 3 is 2.56 bits per heavy atom. The highest BCUT2D eigenvalue weighted by Gasteiger charge is 2.48. The molecule has 1 aliphatic heterocycles. The summed E-state index contributed by atoms with van der Waals surface area (Å²) in [5.74, 6) is -0.636. The molecule has 3 N–H and O–H groups in total. The van der Waals surface area contributed by atoms with Crippen LogP contribution in [-0.2, 0) is 26.0 Å². The van der Waals surface area contributed by atoms with E-state index in [1.807, 2.05) is 12.1 Å². The van der Waals surface area contributed by atoms with Gasteiger partial charge in [-0.3, -0.25) is 9.59 Å². The Kier molecular flexibility index (Phi) is 5.25. The number of piperidine rings is 1. The van der Waals surface area contributed by atoms with Gasteiger partial charge in [0.1, 0.15) is 6.54 Å². The summed E-state index contributed by atoms with van der Waals surface area (Å²) in [5.41, 5.74) is 1.29. The minimum Gasteiger partial charge on any atom is -0.358 e. The van der Waals surface area contributed by atoms with Crippen molar-refractivity contribution in [3.8, 4) is 0 Å². The van der Waals surface area contributed by atoms with Gasteiger partial charge in [-0.05, 0) is 49.5 Å². The number of benzene rings is 1. The van der Waals surface area contributed by atoms with E-state index in [9.17, 15) is 18.0 Å². The molecule has 0 radical (unpaired) electrons. The number of amides is 2. The summed E-state index contributed by atoms with van der Waals surface area (Å²) in [6, 6.07) is 7.21. The van der Waals surface area contributed by atoms with E-state index >= 15 is 0 Å². The number of likely N-dealkylation sites (N-methyl/N-ethyl adjacent to an activating group) is 1. The van der Waals surface area contributed by atoms with E-state index in [0.717, 1.165) is 17.2 Å². The van der Waals surface area contributed by atoms with Crippen LogP contribution in [0.3, 0.4) is 0 Å². The zero-order valence-corrected chi connectivity index (χ0v) is 16.2. The van der Waals surface area contributed by atoms with Crippen LogP contribution in [-0.4, -0.2) is 55.9 Å². The Morgan fingerprint density at radius 1 is 1.22 bits per heavy atom. The van der Waals surface area contributed by atoms with Gasteiger partial charge in [0.2, 0.25) is 11.8 Å². The van der Waals surface area contributed by atoms with Crippen molar-refractivity contribution in [2.75, 3.05) is 31.7 Å². The number of carbonyl (C=O) groups excluding carboxylic acids is 2. The number of fused-ring (bicyclic) bond motifs is 1. The lowest BCUT2D eigenvalue weighted by atomic mass is 9.95. The molecule has 0 unspecified atom stereocenters. The van der Waals surface area contributed by atoms with E-state index in [4.69, 9.17) is 0 Å². The topological polar surface area (TPSA) is 109 Å². The van der Waals surface area contributed by atoms with Gasteiger partial charge in [-0.1, -0.05) is 6.07 Å². The first-order valence-corrected chi connectivity index (χ1v) is 10.7. The van der Waals surface area contributed by atoms with Crippen LogP contribution in [0.2, 0.25) is 0 Å². The first kappa shape index (κ1) is 19.4. The Labute approximate surface area is 158 Å². The largest absolute Gasteiger partial charge is 0.358 e. The van der Waals surface area contributed by atoms with Gasteiger partial charge in [-0.2, -0.15) is 0 Å². The first-order valence-electron chi connectivity index (χ1n) is 8.78. The number of aromatic nitrogens is 1. The van der Waals surface area contributed by atoms with Crippen LogP contribution in [0.15, 0.2) is 30.5 Å². The molecule has 0 saturated carbocycles. The minimum absolute atomic E-state index is 0.132. The predicted octanol–water partition coefficient (Wildman–Crippen LogP) is 0.493. The number of hydrogen-bond donors (Lipinski definition) is 3. The molecule has 2 aromatic rings. The average molecular weight is 392 g/mol. The molecule has 1 aliphatic rings. The lowest BCUT2D eigenvalue weighted by Crippen LogP contribution is -2.55. The van der Waals surface area contributed by atoms with Crippen molar-refractivity contribution in [3.63, 3.8) is 0 Å². The van der Waals surface area contributed by atoms with Gasteiger partial charge in [0.05, 0.1) is 5.52 Å². The summed E-state index contributed by atoms with van der Waals surface area (Å²) in [6.07, 6.45) is 3.41. The van der Waals surface area contributed by atoms with Gasteiger partial charge in [0.25, 0.3) is 0 Å². The van der Waals surface area contributed by atoms with Gasteiger partial charge in [0.15, 0.2) is 14.6 Å². The summed E-state index contributed by atoms with van der Waals surface area (Å²) in [5, 5.41) is 9.38. The Balaban J connectivity index is 1.90. The molecule has 1 aromatic carbocycles. The van der Waals surface area contributed by atoms with E-state index in [2.05, 4.69) is 16.0 Å². The zero-order chi connectivity index (χ0) is 19.7. The normalized spacial score (nSPS) is 16.8. The summed E-state index contributed by atoms with van der Waals surface area (Å²) < 4.78 is 25.1. The lowest BCUT2D eigenvalue weighted by Gasteiger charge is -2.34. The number of anilines is 1. The molecule has 0 spiro atoms. The van der Waals surface area contributed by atoms with Crippen molar-refractivity contribution in [1.29, 1.82) is 0 Å². The summed E-state index contributed by atoms with van der Waals surface area (Å²) in [7, 11) is -2.00. The Morgan fingerprint density at radius 2 is 1.93 bits per heavy atom. The maximum atomic E-state index is 12.9. The predicted molar refractivity (Wildman–Crippen MR) is 104 cm³/mol. The molecular formula is C18H24N4O4S. The number of nitrogens with zero attached hydrogens (tertiary/aromatic N) is 1. The molecule has 3 rings (SSSR count). The molecule has 1 saturated heterocycles. The molecule has 146 valence electrons. The van der Waals surface area contributed by atoms with Gasteiger partial charge in [-0.15, -0.1) is 0 Å². The summed E-state index contributed by atoms with van der Waals surface area (Å²) in [6.45, 7) is 1.12. The molecule has 0 aliphatic carbocycles. The number of hydrogen-bond acceptors (Lipinski definition) is 5. The minimum atomic E-state index is -3.58. The fourth-order valence-corrected chi connectivity index (χ4v) is 4.81. The van der Waals surface area contributed by atoms with Crippen molar-refractivity contribution in [2.24, 2.45) is 0 Å². The van der Waals surface area contributed by atoms with E-state index in [-0.39, 0.29) is 25.3 Å². The number of carbonyl (C=O) groups is 2. The van der Waals surface area contributed by atoms with E-state index in [1.54, 1.807) is 29.9 Å². The van der Waals surface area contributed by atoms with Crippen LogP contribution in [0.25, 0.3) is 10.9 Å². The molecule has 27 heavy (non-hydrogen) atoms. The lowest BCUT2D eigenvalue weighted by molar-refractivity contribution is -0.121. The van der Waals surface area contributed by atoms with E-state index in [1.165, 1.54) is 0 Å². The molecule has 0 atom stereocenters. The zero-order valence-electron chi connectivity index (χ0n) is 15.4. The Hall–Kier alpha value is -2.39. The summed E-state index contributed by atoms with van der Waals surface area (Å²) in [4.78, 5) is 24.6. The van der Waals surface area contributed by atoms with Gasteiger partial charge < -0.3 is 20.5 Å². The fraction of sp³-hybridized carbons (Fsp3) is 0.444. The summed E-state index contributed by atoms with van der Waals surface area (Å²) >= 11 is 0. The first-order chi connectivity index (χ1) is 12.8. The molecule has 1 fully saturated rings. The van der Waals surface area contributed by atoms with Crippen molar-refractivity contribution < 1.29 is 18.0 Å². The van der Waals surface area contributed by atoms with Crippen molar-refractivity contribution in [2.45, 2.75) is 24.1 Å². The molecule has 1 aromatic heterocycles. The fourth-order valence-electron chi connectivity index (χ4n) is 3.48. The average Bonchev–Trinajstić information content (AvgIpc) is 3.03. The maximum absolute atomic E-state index is 12.9. The van der Waals surface area contributed by atoms with Gasteiger partial charge in [-0.25, -0.2) is 8.42 Å². The van der Waals surface area contributed by atoms with Crippen LogP contribution < -0.4 is 16.0 Å². The van der Waals surface area contributed by atoms with Crippen LogP contribution >= 0.6 is 0 Å². The molecule has 0 bridgehead atoms. The van der Waals surface area contributed by atoms with Crippen LogP contribution in [0.4, 0.5) is 5.69 Å².